The minimum absolute atomic E-state index is 0.0665. The Bertz CT molecular complexity index is 121. The van der Waals surface area contributed by atoms with Gasteiger partial charge in [0.15, 0.2) is 0 Å². The fourth-order valence-corrected chi connectivity index (χ4v) is 1.95. The molecule has 2 N–H and O–H groups in total. The van der Waals surface area contributed by atoms with Gasteiger partial charge < -0.3 is 10.2 Å². The molecule has 0 rings (SSSR count). The molecule has 0 saturated heterocycles. The van der Waals surface area contributed by atoms with Crippen molar-refractivity contribution in [3.05, 3.63) is 0 Å². The number of aliphatic hydroxyl groups is 2. The fraction of sp³-hybridized carbons (Fsp3) is 1.00. The molecule has 0 aromatic rings. The van der Waals surface area contributed by atoms with E-state index in [1.54, 1.807) is 0 Å². The number of rotatable bonds is 8. The lowest BCUT2D eigenvalue weighted by Crippen LogP contribution is -2.31. The molecule has 86 valence electrons. The van der Waals surface area contributed by atoms with Crippen LogP contribution in [0.5, 0.6) is 0 Å². The summed E-state index contributed by atoms with van der Waals surface area (Å²) in [5.74, 6) is 0.434. The Morgan fingerprint density at radius 2 is 1.57 bits per heavy atom. The van der Waals surface area contributed by atoms with Crippen LogP contribution in [0.4, 0.5) is 0 Å². The van der Waals surface area contributed by atoms with Gasteiger partial charge in [-0.25, -0.2) is 0 Å². The lowest BCUT2D eigenvalue weighted by Gasteiger charge is -2.27. The van der Waals surface area contributed by atoms with Crippen molar-refractivity contribution in [2.45, 2.75) is 59.0 Å². The zero-order valence-corrected chi connectivity index (χ0v) is 9.87. The van der Waals surface area contributed by atoms with Crippen LogP contribution in [0.1, 0.15) is 52.9 Å². The summed E-state index contributed by atoms with van der Waals surface area (Å²) in [5, 5.41) is 19.1. The van der Waals surface area contributed by atoms with Crippen LogP contribution in [-0.2, 0) is 0 Å². The molecule has 0 aromatic carbocycles. The van der Waals surface area contributed by atoms with Gasteiger partial charge in [-0.2, -0.15) is 0 Å². The highest BCUT2D eigenvalue weighted by Gasteiger charge is 2.24. The van der Waals surface area contributed by atoms with Crippen LogP contribution in [0.15, 0.2) is 0 Å². The molecule has 3 atom stereocenters. The Hall–Kier alpha value is -0.0800. The van der Waals surface area contributed by atoms with Crippen molar-refractivity contribution >= 4 is 0 Å². The zero-order valence-electron chi connectivity index (χ0n) is 9.87. The van der Waals surface area contributed by atoms with E-state index in [0.717, 1.165) is 19.3 Å². The second-order valence-electron chi connectivity index (χ2n) is 4.15. The van der Waals surface area contributed by atoms with Gasteiger partial charge in [-0.3, -0.25) is 0 Å². The summed E-state index contributed by atoms with van der Waals surface area (Å²) < 4.78 is 0. The molecule has 0 radical (unpaired) electrons. The fourth-order valence-electron chi connectivity index (χ4n) is 1.95. The van der Waals surface area contributed by atoms with Crippen molar-refractivity contribution in [1.29, 1.82) is 0 Å². The Morgan fingerprint density at radius 1 is 1.00 bits per heavy atom. The normalized spacial score (nSPS) is 17.8. The van der Waals surface area contributed by atoms with E-state index >= 15 is 0 Å². The van der Waals surface area contributed by atoms with Crippen LogP contribution in [-0.4, -0.2) is 22.9 Å². The number of unbranched alkanes of at least 4 members (excludes halogenated alkanes) is 1. The van der Waals surface area contributed by atoms with Crippen LogP contribution in [0, 0.1) is 11.8 Å². The van der Waals surface area contributed by atoms with Gasteiger partial charge in [-0.15, -0.1) is 0 Å². The molecule has 0 bridgehead atoms. The second-order valence-corrected chi connectivity index (χ2v) is 4.15. The zero-order chi connectivity index (χ0) is 11.0. The molecule has 0 aliphatic rings. The molecule has 0 spiro atoms. The summed E-state index contributed by atoms with van der Waals surface area (Å²) in [7, 11) is 0. The summed E-state index contributed by atoms with van der Waals surface area (Å²) in [5.41, 5.74) is 0. The maximum absolute atomic E-state index is 10.0. The van der Waals surface area contributed by atoms with E-state index in [-0.39, 0.29) is 18.6 Å². The first-order valence-corrected chi connectivity index (χ1v) is 6.00. The predicted octanol–water partition coefficient (Wildman–Crippen LogP) is 2.58. The van der Waals surface area contributed by atoms with Gasteiger partial charge in [0, 0.05) is 12.5 Å². The summed E-state index contributed by atoms with van der Waals surface area (Å²) in [6.07, 6.45) is 5.00. The predicted molar refractivity (Wildman–Crippen MR) is 60.2 cm³/mol. The van der Waals surface area contributed by atoms with Crippen molar-refractivity contribution in [2.24, 2.45) is 11.8 Å². The Balaban J connectivity index is 4.06. The Labute approximate surface area is 88.3 Å². The Morgan fingerprint density at radius 3 is 1.93 bits per heavy atom. The molecule has 0 aliphatic heterocycles. The highest BCUT2D eigenvalue weighted by Crippen LogP contribution is 2.23. The molecular weight excluding hydrogens is 176 g/mol. The average molecular weight is 202 g/mol. The largest absolute Gasteiger partial charge is 0.396 e. The highest BCUT2D eigenvalue weighted by atomic mass is 16.3. The van der Waals surface area contributed by atoms with E-state index < -0.39 is 0 Å². The smallest absolute Gasteiger partial charge is 0.0618 e. The standard InChI is InChI=1S/C12H26O2/c1-4-7-8-10(5-2)12(14)11(6-3)9-13/h10-14H,4-9H2,1-3H3. The molecule has 0 amide bonds. The summed E-state index contributed by atoms with van der Waals surface area (Å²) in [6, 6.07) is 0. The number of hydrogen-bond acceptors (Lipinski definition) is 2. The van der Waals surface area contributed by atoms with Crippen LogP contribution in [0.2, 0.25) is 0 Å². The van der Waals surface area contributed by atoms with Gasteiger partial charge in [0.1, 0.15) is 0 Å². The number of aliphatic hydroxyl groups excluding tert-OH is 2. The van der Waals surface area contributed by atoms with Crippen LogP contribution in [0.3, 0.4) is 0 Å². The third kappa shape index (κ3) is 4.43. The SMILES string of the molecule is CCCCC(CC)C(O)C(CC)CO. The summed E-state index contributed by atoms with van der Waals surface area (Å²) in [6.45, 7) is 6.42. The van der Waals surface area contributed by atoms with Crippen LogP contribution >= 0.6 is 0 Å². The van der Waals surface area contributed by atoms with Gasteiger partial charge in [-0.1, -0.05) is 40.0 Å². The molecule has 0 fully saturated rings. The van der Waals surface area contributed by atoms with Crippen molar-refractivity contribution in [3.8, 4) is 0 Å². The molecule has 0 heterocycles. The van der Waals surface area contributed by atoms with E-state index in [2.05, 4.69) is 13.8 Å². The van der Waals surface area contributed by atoms with Gasteiger partial charge in [0.25, 0.3) is 0 Å². The first-order valence-electron chi connectivity index (χ1n) is 6.00. The van der Waals surface area contributed by atoms with E-state index in [9.17, 15) is 5.11 Å². The van der Waals surface area contributed by atoms with E-state index in [1.165, 1.54) is 12.8 Å². The summed E-state index contributed by atoms with van der Waals surface area (Å²) >= 11 is 0. The van der Waals surface area contributed by atoms with Gasteiger partial charge in [0.05, 0.1) is 6.10 Å². The average Bonchev–Trinajstić information content (AvgIpc) is 2.21. The van der Waals surface area contributed by atoms with E-state index in [4.69, 9.17) is 5.11 Å². The monoisotopic (exact) mass is 202 g/mol. The quantitative estimate of drug-likeness (QED) is 0.635. The van der Waals surface area contributed by atoms with E-state index in [0.29, 0.717) is 5.92 Å². The first-order chi connectivity index (χ1) is 6.71. The molecule has 0 aromatic heterocycles. The Kier molecular flexibility index (Phi) is 8.20. The molecular formula is C12H26O2. The molecule has 2 heteroatoms. The lowest BCUT2D eigenvalue weighted by atomic mass is 9.85. The van der Waals surface area contributed by atoms with Crippen molar-refractivity contribution in [1.82, 2.24) is 0 Å². The highest BCUT2D eigenvalue weighted by molar-refractivity contribution is 4.74. The van der Waals surface area contributed by atoms with Gasteiger partial charge in [-0.05, 0) is 18.8 Å². The molecule has 2 nitrogen and oxygen atoms in total. The van der Waals surface area contributed by atoms with Gasteiger partial charge in [0.2, 0.25) is 0 Å². The molecule has 0 aliphatic carbocycles. The molecule has 0 saturated carbocycles. The maximum Gasteiger partial charge on any atom is 0.0618 e. The lowest BCUT2D eigenvalue weighted by molar-refractivity contribution is 0.0156. The maximum atomic E-state index is 10.0. The first kappa shape index (κ1) is 13.9. The number of hydrogen-bond donors (Lipinski definition) is 2. The van der Waals surface area contributed by atoms with Crippen LogP contribution < -0.4 is 0 Å². The van der Waals surface area contributed by atoms with Crippen molar-refractivity contribution < 1.29 is 10.2 Å². The topological polar surface area (TPSA) is 40.5 Å². The summed E-state index contributed by atoms with van der Waals surface area (Å²) in [4.78, 5) is 0. The third-order valence-corrected chi connectivity index (χ3v) is 3.18. The van der Waals surface area contributed by atoms with Gasteiger partial charge >= 0.3 is 0 Å². The second kappa shape index (κ2) is 8.25. The minimum Gasteiger partial charge on any atom is -0.396 e. The molecule has 3 unspecified atom stereocenters. The van der Waals surface area contributed by atoms with E-state index in [1.807, 2.05) is 6.92 Å². The minimum atomic E-state index is -0.318. The van der Waals surface area contributed by atoms with Crippen molar-refractivity contribution in [3.63, 3.8) is 0 Å². The van der Waals surface area contributed by atoms with Crippen molar-refractivity contribution in [2.75, 3.05) is 6.61 Å². The third-order valence-electron chi connectivity index (χ3n) is 3.18. The molecule has 14 heavy (non-hydrogen) atoms. The van der Waals surface area contributed by atoms with Crippen LogP contribution in [0.25, 0.3) is 0 Å².